The first-order chi connectivity index (χ1) is 16.6. The molecule has 4 nitrogen and oxygen atoms in total. The molecule has 35 heavy (non-hydrogen) atoms. The number of hydrogen-bond acceptors (Lipinski definition) is 4. The third kappa shape index (κ3) is 6.58. The molecule has 186 valence electrons. The van der Waals surface area contributed by atoms with Crippen LogP contribution in [0.4, 0.5) is 0 Å². The van der Waals surface area contributed by atoms with E-state index in [1.54, 1.807) is 6.08 Å². The van der Waals surface area contributed by atoms with Crippen LogP contribution in [0.2, 0.25) is 5.04 Å². The summed E-state index contributed by atoms with van der Waals surface area (Å²) in [7, 11) is -6.48. The smallest absolute Gasteiger partial charge is 0.264 e. The Morgan fingerprint density at radius 3 is 1.71 bits per heavy atom. The molecule has 3 rings (SSSR count). The van der Waals surface area contributed by atoms with Crippen molar-refractivity contribution in [1.29, 1.82) is 0 Å². The summed E-state index contributed by atoms with van der Waals surface area (Å²) in [5, 5.41) is 2.16. The standard InChI is InChI=1S/C29H36O4SSi/c1-6-16-28(33-34(5,30)31)27(24-17-10-7-11-18-24)23-32-35(29(2,3)4,25-19-12-8-13-20-25)26-21-14-9-15-22-26/h6-15,17-22,27-28H,1,16,23H2,2-5H3/t27-,28+/m1/s1. The van der Waals surface area contributed by atoms with E-state index in [9.17, 15) is 8.42 Å². The van der Waals surface area contributed by atoms with Gasteiger partial charge in [0.05, 0.1) is 12.4 Å². The van der Waals surface area contributed by atoms with E-state index in [1.807, 2.05) is 42.5 Å². The van der Waals surface area contributed by atoms with Gasteiger partial charge in [-0.05, 0) is 27.4 Å². The van der Waals surface area contributed by atoms with E-state index in [0.29, 0.717) is 13.0 Å². The highest BCUT2D eigenvalue weighted by Gasteiger charge is 2.50. The van der Waals surface area contributed by atoms with Crippen molar-refractivity contribution in [3.63, 3.8) is 0 Å². The van der Waals surface area contributed by atoms with E-state index in [4.69, 9.17) is 8.61 Å². The maximum Gasteiger partial charge on any atom is 0.264 e. The van der Waals surface area contributed by atoms with Gasteiger partial charge in [0.25, 0.3) is 18.4 Å². The second-order valence-electron chi connectivity index (χ2n) is 9.85. The maximum absolute atomic E-state index is 12.2. The van der Waals surface area contributed by atoms with E-state index in [2.05, 4.69) is 75.9 Å². The molecule has 0 radical (unpaired) electrons. The van der Waals surface area contributed by atoms with Crippen LogP contribution in [0.15, 0.2) is 104 Å². The molecule has 0 aliphatic heterocycles. The average Bonchev–Trinajstić information content (AvgIpc) is 2.82. The average molecular weight is 509 g/mol. The first-order valence-corrected chi connectivity index (χ1v) is 15.6. The molecule has 0 aliphatic carbocycles. The Bertz CT molecular complexity index is 1130. The fourth-order valence-electron chi connectivity index (χ4n) is 4.75. The Morgan fingerprint density at radius 2 is 1.31 bits per heavy atom. The monoisotopic (exact) mass is 508 g/mol. The second-order valence-corrected chi connectivity index (χ2v) is 15.8. The van der Waals surface area contributed by atoms with Crippen LogP contribution in [0.1, 0.15) is 38.7 Å². The highest BCUT2D eigenvalue weighted by atomic mass is 32.2. The summed E-state index contributed by atoms with van der Waals surface area (Å²) in [6.45, 7) is 10.8. The van der Waals surface area contributed by atoms with Gasteiger partial charge >= 0.3 is 0 Å². The van der Waals surface area contributed by atoms with E-state index in [-0.39, 0.29) is 11.0 Å². The van der Waals surface area contributed by atoms with Crippen molar-refractivity contribution in [3.8, 4) is 0 Å². The lowest BCUT2D eigenvalue weighted by Gasteiger charge is -2.44. The van der Waals surface area contributed by atoms with Crippen LogP contribution < -0.4 is 10.4 Å². The molecule has 0 heterocycles. The Morgan fingerprint density at radius 1 is 0.857 bits per heavy atom. The first kappa shape index (κ1) is 27.1. The SMILES string of the molecule is C=CC[C@H](OS(C)(=O)=O)[C@H](CO[Si](c1ccccc1)(c1ccccc1)C(C)(C)C)c1ccccc1. The van der Waals surface area contributed by atoms with Crippen molar-refractivity contribution in [2.24, 2.45) is 0 Å². The summed E-state index contributed by atoms with van der Waals surface area (Å²) in [5.74, 6) is -0.300. The van der Waals surface area contributed by atoms with Gasteiger partial charge in [-0.15, -0.1) is 6.58 Å². The fourth-order valence-corrected chi connectivity index (χ4v) is 10.0. The maximum atomic E-state index is 12.2. The van der Waals surface area contributed by atoms with E-state index < -0.39 is 24.5 Å². The van der Waals surface area contributed by atoms with Crippen molar-refractivity contribution in [1.82, 2.24) is 0 Å². The Hall–Kier alpha value is -2.51. The van der Waals surface area contributed by atoms with Gasteiger partial charge in [-0.2, -0.15) is 8.42 Å². The molecule has 3 aromatic rings. The molecule has 0 amide bonds. The minimum Gasteiger partial charge on any atom is -0.407 e. The number of rotatable bonds is 11. The summed E-state index contributed by atoms with van der Waals surface area (Å²) < 4.78 is 37.1. The molecule has 0 unspecified atom stereocenters. The van der Waals surface area contributed by atoms with Crippen molar-refractivity contribution < 1.29 is 17.0 Å². The van der Waals surface area contributed by atoms with Gasteiger partial charge in [0.1, 0.15) is 0 Å². The highest BCUT2D eigenvalue weighted by molar-refractivity contribution is 7.86. The number of benzene rings is 3. The van der Waals surface area contributed by atoms with Crippen LogP contribution in [-0.4, -0.2) is 35.7 Å². The Kier molecular flexibility index (Phi) is 8.88. The van der Waals surface area contributed by atoms with Crippen LogP contribution in [0, 0.1) is 0 Å². The van der Waals surface area contributed by atoms with Crippen LogP contribution in [0.25, 0.3) is 0 Å². The molecule has 2 atom stereocenters. The minimum absolute atomic E-state index is 0.192. The van der Waals surface area contributed by atoms with Crippen LogP contribution >= 0.6 is 0 Å². The van der Waals surface area contributed by atoms with Gasteiger partial charge in [0.2, 0.25) is 0 Å². The van der Waals surface area contributed by atoms with Crippen molar-refractivity contribution in [3.05, 3.63) is 109 Å². The van der Waals surface area contributed by atoms with Gasteiger partial charge in [0, 0.05) is 12.5 Å². The number of hydrogen-bond donors (Lipinski definition) is 0. The summed E-state index contributed by atoms with van der Waals surface area (Å²) >= 11 is 0. The third-order valence-corrected chi connectivity index (χ3v) is 11.9. The molecule has 0 saturated carbocycles. The van der Waals surface area contributed by atoms with Crippen LogP contribution in [-0.2, 0) is 18.7 Å². The normalized spacial score (nSPS) is 14.3. The summed E-state index contributed by atoms with van der Waals surface area (Å²) in [6, 6.07) is 30.7. The molecule has 0 aliphatic rings. The molecule has 0 fully saturated rings. The second kappa shape index (κ2) is 11.5. The highest BCUT2D eigenvalue weighted by Crippen LogP contribution is 2.38. The molecule has 0 saturated heterocycles. The molecular weight excluding hydrogens is 472 g/mol. The van der Waals surface area contributed by atoms with E-state index in [1.165, 1.54) is 10.4 Å². The molecule has 6 heteroatoms. The fraction of sp³-hybridized carbons (Fsp3) is 0.310. The molecule has 0 N–H and O–H groups in total. The lowest BCUT2D eigenvalue weighted by atomic mass is 9.92. The van der Waals surface area contributed by atoms with Crippen molar-refractivity contribution >= 4 is 28.8 Å². The molecule has 0 bridgehead atoms. The Balaban J connectivity index is 2.14. The summed E-state index contributed by atoms with van der Waals surface area (Å²) in [4.78, 5) is 0. The quantitative estimate of drug-likeness (QED) is 0.201. The van der Waals surface area contributed by atoms with Crippen molar-refractivity contribution in [2.45, 2.75) is 44.3 Å². The zero-order chi connectivity index (χ0) is 25.5. The van der Waals surface area contributed by atoms with Gasteiger partial charge in [-0.25, -0.2) is 0 Å². The largest absolute Gasteiger partial charge is 0.407 e. The van der Waals surface area contributed by atoms with Gasteiger partial charge < -0.3 is 4.43 Å². The molecule has 3 aromatic carbocycles. The van der Waals surface area contributed by atoms with Crippen LogP contribution in [0.3, 0.4) is 0 Å². The van der Waals surface area contributed by atoms with E-state index >= 15 is 0 Å². The van der Waals surface area contributed by atoms with Crippen molar-refractivity contribution in [2.75, 3.05) is 12.9 Å². The zero-order valence-corrected chi connectivity index (χ0v) is 22.9. The predicted molar refractivity (Wildman–Crippen MR) is 147 cm³/mol. The van der Waals surface area contributed by atoms with Gasteiger partial charge in [-0.1, -0.05) is 118 Å². The van der Waals surface area contributed by atoms with E-state index in [0.717, 1.165) is 11.8 Å². The lowest BCUT2D eigenvalue weighted by Crippen LogP contribution is -2.67. The summed E-state index contributed by atoms with van der Waals surface area (Å²) in [5.41, 5.74) is 0.973. The Labute approximate surface area is 211 Å². The third-order valence-electron chi connectivity index (χ3n) is 6.27. The molecular formula is C29H36O4SSi. The first-order valence-electron chi connectivity index (χ1n) is 11.9. The topological polar surface area (TPSA) is 52.6 Å². The van der Waals surface area contributed by atoms with Gasteiger partial charge in [0.15, 0.2) is 0 Å². The zero-order valence-electron chi connectivity index (χ0n) is 21.1. The summed E-state index contributed by atoms with van der Waals surface area (Å²) in [6.07, 6.45) is 2.56. The molecule has 0 spiro atoms. The lowest BCUT2D eigenvalue weighted by molar-refractivity contribution is 0.140. The molecule has 0 aromatic heterocycles. The predicted octanol–water partition coefficient (Wildman–Crippen LogP) is 5.27. The van der Waals surface area contributed by atoms with Gasteiger partial charge in [-0.3, -0.25) is 4.18 Å². The van der Waals surface area contributed by atoms with Crippen LogP contribution in [0.5, 0.6) is 0 Å². The minimum atomic E-state index is -3.68.